The molecule has 1 radical (unpaired) electrons. The van der Waals surface area contributed by atoms with Gasteiger partial charge >= 0.3 is 0 Å². The first-order chi connectivity index (χ1) is 3.31. The van der Waals surface area contributed by atoms with E-state index < -0.39 is 0 Å². The Kier molecular flexibility index (Phi) is 4.88. The molecule has 7 heavy (non-hydrogen) atoms. The molecule has 0 rings (SSSR count). The molecule has 43 valence electrons. The van der Waals surface area contributed by atoms with Crippen molar-refractivity contribution < 1.29 is 4.74 Å². The second-order valence-electron chi connectivity index (χ2n) is 1.29. The maximum Gasteiger partial charge on any atom is 0.112 e. The summed E-state index contributed by atoms with van der Waals surface area (Å²) >= 11 is 3.27. The zero-order chi connectivity index (χ0) is 5.70. The van der Waals surface area contributed by atoms with Crippen LogP contribution in [-0.2, 0) is 4.74 Å². The van der Waals surface area contributed by atoms with Gasteiger partial charge in [0.05, 0.1) is 0 Å². The van der Waals surface area contributed by atoms with Crippen molar-refractivity contribution in [2.75, 3.05) is 7.11 Å². The summed E-state index contributed by atoms with van der Waals surface area (Å²) in [4.78, 5) is 0. The average molecular weight is 166 g/mol. The summed E-state index contributed by atoms with van der Waals surface area (Å²) in [6.07, 6.45) is 1.90. The molecule has 2 heteroatoms. The van der Waals surface area contributed by atoms with Crippen LogP contribution in [0.4, 0.5) is 0 Å². The predicted octanol–water partition coefficient (Wildman–Crippen LogP) is 1.97. The highest BCUT2D eigenvalue weighted by atomic mass is 79.9. The lowest BCUT2D eigenvalue weighted by Crippen LogP contribution is -1.97. The number of hydrogen-bond donors (Lipinski definition) is 0. The van der Waals surface area contributed by atoms with Gasteiger partial charge in [0.25, 0.3) is 0 Å². The van der Waals surface area contributed by atoms with Crippen molar-refractivity contribution >= 4 is 15.9 Å². The summed E-state index contributed by atoms with van der Waals surface area (Å²) in [5.74, 6) is 0. The normalized spacial score (nSPS) is 14.1. The van der Waals surface area contributed by atoms with Crippen LogP contribution in [0.25, 0.3) is 0 Å². The number of ether oxygens (including phenoxy) is 1. The van der Waals surface area contributed by atoms with Gasteiger partial charge in [0, 0.05) is 7.11 Å². The van der Waals surface area contributed by atoms with Crippen LogP contribution in [0, 0.1) is 6.92 Å². The fourth-order valence-corrected chi connectivity index (χ4v) is 0.602. The molecule has 0 bridgehead atoms. The lowest BCUT2D eigenvalue weighted by molar-refractivity contribution is 0.172. The van der Waals surface area contributed by atoms with Crippen LogP contribution in [0.3, 0.4) is 0 Å². The Hall–Kier alpha value is 0.440. The summed E-state index contributed by atoms with van der Waals surface area (Å²) in [7, 11) is 1.68. The maximum atomic E-state index is 4.87. The standard InChI is InChI=1S/C5H10BrO/c1-3-4-5(6)7-2/h5H,1,3-4H2,2H3. The first kappa shape index (κ1) is 7.44. The second-order valence-corrected chi connectivity index (χ2v) is 2.31. The zero-order valence-electron chi connectivity index (χ0n) is 4.48. The van der Waals surface area contributed by atoms with Crippen LogP contribution >= 0.6 is 15.9 Å². The summed E-state index contributed by atoms with van der Waals surface area (Å²) in [5.41, 5.74) is 0. The summed E-state index contributed by atoms with van der Waals surface area (Å²) in [6, 6.07) is 0. The lowest BCUT2D eigenvalue weighted by Gasteiger charge is -2.02. The molecular formula is C5H10BrO. The molecule has 0 saturated carbocycles. The van der Waals surface area contributed by atoms with Gasteiger partial charge in [-0.3, -0.25) is 0 Å². The van der Waals surface area contributed by atoms with Crippen molar-refractivity contribution in [3.63, 3.8) is 0 Å². The van der Waals surface area contributed by atoms with Gasteiger partial charge in [-0.25, -0.2) is 0 Å². The van der Waals surface area contributed by atoms with Gasteiger partial charge in [-0.2, -0.15) is 0 Å². The van der Waals surface area contributed by atoms with E-state index in [1.54, 1.807) is 7.11 Å². The highest BCUT2D eigenvalue weighted by Gasteiger charge is 1.95. The fourth-order valence-electron chi connectivity index (χ4n) is 0.278. The third-order valence-electron chi connectivity index (χ3n) is 0.687. The molecule has 0 amide bonds. The van der Waals surface area contributed by atoms with Gasteiger partial charge in [-0.15, -0.1) is 0 Å². The lowest BCUT2D eigenvalue weighted by atomic mass is 10.4. The van der Waals surface area contributed by atoms with E-state index in [9.17, 15) is 0 Å². The monoisotopic (exact) mass is 165 g/mol. The van der Waals surface area contributed by atoms with Crippen LogP contribution in [0.5, 0.6) is 0 Å². The number of methoxy groups -OCH3 is 1. The molecule has 0 aliphatic heterocycles. The molecule has 0 aromatic rings. The molecule has 0 saturated heterocycles. The van der Waals surface area contributed by atoms with Crippen molar-refractivity contribution in [3.8, 4) is 0 Å². The van der Waals surface area contributed by atoms with Crippen molar-refractivity contribution in [2.45, 2.75) is 17.9 Å². The maximum absolute atomic E-state index is 4.87. The Morgan fingerprint density at radius 3 is 2.57 bits per heavy atom. The zero-order valence-corrected chi connectivity index (χ0v) is 6.07. The number of hydrogen-bond acceptors (Lipinski definition) is 1. The van der Waals surface area contributed by atoms with Crippen molar-refractivity contribution in [2.24, 2.45) is 0 Å². The molecule has 1 nitrogen and oxygen atoms in total. The van der Waals surface area contributed by atoms with Gasteiger partial charge in [0.1, 0.15) is 5.01 Å². The minimum Gasteiger partial charge on any atom is -0.370 e. The van der Waals surface area contributed by atoms with Gasteiger partial charge < -0.3 is 4.74 Å². The van der Waals surface area contributed by atoms with E-state index in [0.29, 0.717) is 0 Å². The van der Waals surface area contributed by atoms with Gasteiger partial charge in [-0.1, -0.05) is 22.9 Å². The SMILES string of the molecule is [CH2]CCC(Br)OC. The second kappa shape index (κ2) is 4.60. The van der Waals surface area contributed by atoms with Crippen LogP contribution < -0.4 is 0 Å². The molecule has 1 unspecified atom stereocenters. The van der Waals surface area contributed by atoms with Crippen LogP contribution in [0.2, 0.25) is 0 Å². The van der Waals surface area contributed by atoms with Crippen LogP contribution in [0.15, 0.2) is 0 Å². The minimum atomic E-state index is 0.199. The quantitative estimate of drug-likeness (QED) is 0.582. The van der Waals surface area contributed by atoms with E-state index in [4.69, 9.17) is 4.74 Å². The smallest absolute Gasteiger partial charge is 0.112 e. The Labute approximate surface area is 53.2 Å². The van der Waals surface area contributed by atoms with Crippen LogP contribution in [0.1, 0.15) is 12.8 Å². The predicted molar refractivity (Wildman–Crippen MR) is 34.3 cm³/mol. The molecule has 0 aliphatic rings. The molecule has 0 N–H and O–H groups in total. The molecule has 0 heterocycles. The Bertz CT molecular complexity index is 39.1. The molecule has 0 spiro atoms. The van der Waals surface area contributed by atoms with E-state index in [2.05, 4.69) is 22.9 Å². The number of alkyl halides is 1. The molecule has 0 aromatic heterocycles. The van der Waals surface area contributed by atoms with E-state index >= 15 is 0 Å². The molecule has 0 aliphatic carbocycles. The van der Waals surface area contributed by atoms with E-state index in [1.807, 2.05) is 0 Å². The first-order valence-electron chi connectivity index (χ1n) is 2.27. The van der Waals surface area contributed by atoms with E-state index in [0.717, 1.165) is 12.8 Å². The summed E-state index contributed by atoms with van der Waals surface area (Å²) < 4.78 is 4.87. The van der Waals surface area contributed by atoms with Gasteiger partial charge in [0.2, 0.25) is 0 Å². The third kappa shape index (κ3) is 4.29. The topological polar surface area (TPSA) is 9.23 Å². The van der Waals surface area contributed by atoms with Gasteiger partial charge in [-0.05, 0) is 12.8 Å². The van der Waals surface area contributed by atoms with Crippen molar-refractivity contribution in [1.29, 1.82) is 0 Å². The highest BCUT2D eigenvalue weighted by Crippen LogP contribution is 2.06. The van der Waals surface area contributed by atoms with Crippen molar-refractivity contribution in [3.05, 3.63) is 6.92 Å². The number of halogens is 1. The first-order valence-corrected chi connectivity index (χ1v) is 3.19. The number of rotatable bonds is 3. The Balaban J connectivity index is 2.83. The third-order valence-corrected chi connectivity index (χ3v) is 1.52. The Morgan fingerprint density at radius 2 is 2.43 bits per heavy atom. The van der Waals surface area contributed by atoms with E-state index in [-0.39, 0.29) is 5.01 Å². The highest BCUT2D eigenvalue weighted by molar-refractivity contribution is 9.09. The summed E-state index contributed by atoms with van der Waals surface area (Å²) in [6.45, 7) is 3.66. The van der Waals surface area contributed by atoms with Crippen molar-refractivity contribution in [1.82, 2.24) is 0 Å². The van der Waals surface area contributed by atoms with Gasteiger partial charge in [0.15, 0.2) is 0 Å². The molecule has 0 aromatic carbocycles. The molecular weight excluding hydrogens is 156 g/mol. The minimum absolute atomic E-state index is 0.199. The Morgan fingerprint density at radius 1 is 1.86 bits per heavy atom. The average Bonchev–Trinajstić information content (AvgIpc) is 1.68. The largest absolute Gasteiger partial charge is 0.370 e. The molecule has 1 atom stereocenters. The summed E-state index contributed by atoms with van der Waals surface area (Å²) in [5, 5.41) is 0.199. The fraction of sp³-hybridized carbons (Fsp3) is 0.800. The molecule has 0 fully saturated rings. The van der Waals surface area contributed by atoms with E-state index in [1.165, 1.54) is 0 Å². The van der Waals surface area contributed by atoms with Crippen LogP contribution in [-0.4, -0.2) is 12.1 Å².